The smallest absolute Gasteiger partial charge is 0.289 e. The van der Waals surface area contributed by atoms with E-state index in [0.717, 1.165) is 19.2 Å². The average Bonchev–Trinajstić information content (AvgIpc) is 2.43. The van der Waals surface area contributed by atoms with Crippen LogP contribution in [0.25, 0.3) is 0 Å². The summed E-state index contributed by atoms with van der Waals surface area (Å²) in [6.45, 7) is 6.43. The molecule has 0 amide bonds. The lowest BCUT2D eigenvalue weighted by Gasteiger charge is -2.18. The second-order valence-corrected chi connectivity index (χ2v) is 6.47. The van der Waals surface area contributed by atoms with Crippen molar-refractivity contribution in [1.82, 2.24) is 9.62 Å². The van der Waals surface area contributed by atoms with Crippen LogP contribution in [-0.4, -0.2) is 44.4 Å². The number of nitro benzene ring substituents is 1. The number of sulfonamides is 1. The molecule has 0 spiro atoms. The van der Waals surface area contributed by atoms with Crippen LogP contribution in [0.15, 0.2) is 23.1 Å². The Kier molecular flexibility index (Phi) is 6.53. The van der Waals surface area contributed by atoms with E-state index < -0.39 is 20.6 Å². The average molecular weight is 336 g/mol. The maximum Gasteiger partial charge on any atom is 0.289 e. The first kappa shape index (κ1) is 17.8. The third-order valence-electron chi connectivity index (χ3n) is 3.04. The van der Waals surface area contributed by atoms with Crippen LogP contribution in [-0.2, 0) is 10.0 Å². The van der Waals surface area contributed by atoms with E-state index in [1.807, 2.05) is 13.8 Å². The number of nitrogens with one attached hydrogen (secondary N) is 1. The Labute approximate surface area is 129 Å². The summed E-state index contributed by atoms with van der Waals surface area (Å²) in [5, 5.41) is 10.7. The van der Waals surface area contributed by atoms with E-state index in [4.69, 9.17) is 11.6 Å². The van der Waals surface area contributed by atoms with E-state index in [9.17, 15) is 18.5 Å². The molecule has 1 N–H and O–H groups in total. The number of nitrogens with zero attached hydrogens (tertiary/aromatic N) is 2. The molecule has 0 heterocycles. The van der Waals surface area contributed by atoms with Crippen molar-refractivity contribution in [3.8, 4) is 0 Å². The zero-order valence-electron chi connectivity index (χ0n) is 11.9. The van der Waals surface area contributed by atoms with Crippen molar-refractivity contribution in [2.24, 2.45) is 0 Å². The van der Waals surface area contributed by atoms with Crippen molar-refractivity contribution in [3.63, 3.8) is 0 Å². The quantitative estimate of drug-likeness (QED) is 0.578. The fourth-order valence-electron chi connectivity index (χ4n) is 1.76. The summed E-state index contributed by atoms with van der Waals surface area (Å²) in [6.07, 6.45) is 0. The Balaban J connectivity index is 2.84. The second kappa shape index (κ2) is 7.69. The number of hydrogen-bond donors (Lipinski definition) is 1. The molecule has 0 saturated carbocycles. The predicted molar refractivity (Wildman–Crippen MR) is 81.1 cm³/mol. The van der Waals surface area contributed by atoms with Crippen molar-refractivity contribution < 1.29 is 13.3 Å². The van der Waals surface area contributed by atoms with Crippen molar-refractivity contribution in [1.29, 1.82) is 0 Å². The number of rotatable bonds is 8. The highest BCUT2D eigenvalue weighted by Crippen LogP contribution is 2.26. The molecule has 21 heavy (non-hydrogen) atoms. The Morgan fingerprint density at radius 1 is 1.33 bits per heavy atom. The Morgan fingerprint density at radius 2 is 1.95 bits per heavy atom. The van der Waals surface area contributed by atoms with Crippen LogP contribution in [0.5, 0.6) is 0 Å². The first-order valence-corrected chi connectivity index (χ1v) is 8.33. The summed E-state index contributed by atoms with van der Waals surface area (Å²) in [5.41, 5.74) is -0.428. The first-order chi connectivity index (χ1) is 9.81. The lowest BCUT2D eigenvalue weighted by Crippen LogP contribution is -2.34. The van der Waals surface area contributed by atoms with Crippen molar-refractivity contribution >= 4 is 27.3 Å². The van der Waals surface area contributed by atoms with Gasteiger partial charge < -0.3 is 4.90 Å². The van der Waals surface area contributed by atoms with Gasteiger partial charge in [-0.25, -0.2) is 13.1 Å². The molecular formula is C12H18ClN3O4S. The molecule has 0 unspecified atom stereocenters. The first-order valence-electron chi connectivity index (χ1n) is 6.47. The molecule has 0 atom stereocenters. The van der Waals surface area contributed by atoms with Gasteiger partial charge in [0.1, 0.15) is 5.02 Å². The van der Waals surface area contributed by atoms with Crippen molar-refractivity contribution in [2.45, 2.75) is 18.7 Å². The van der Waals surface area contributed by atoms with Gasteiger partial charge in [0.15, 0.2) is 0 Å². The van der Waals surface area contributed by atoms with Gasteiger partial charge in [-0.2, -0.15) is 0 Å². The van der Waals surface area contributed by atoms with Gasteiger partial charge in [-0.15, -0.1) is 0 Å². The molecule has 1 aromatic carbocycles. The van der Waals surface area contributed by atoms with Crippen LogP contribution in [0.3, 0.4) is 0 Å². The van der Waals surface area contributed by atoms with Gasteiger partial charge in [-0.1, -0.05) is 25.4 Å². The minimum absolute atomic E-state index is 0.0953. The second-order valence-electron chi connectivity index (χ2n) is 4.29. The van der Waals surface area contributed by atoms with Crippen LogP contribution in [0.1, 0.15) is 13.8 Å². The molecule has 0 radical (unpaired) electrons. The number of halogens is 1. The highest BCUT2D eigenvalue weighted by molar-refractivity contribution is 7.89. The Hall–Kier alpha value is -1.22. The van der Waals surface area contributed by atoms with Crippen LogP contribution in [0, 0.1) is 10.1 Å². The van der Waals surface area contributed by atoms with Crippen LogP contribution < -0.4 is 4.72 Å². The summed E-state index contributed by atoms with van der Waals surface area (Å²) >= 11 is 5.66. The van der Waals surface area contributed by atoms with Crippen molar-refractivity contribution in [3.05, 3.63) is 33.3 Å². The summed E-state index contributed by atoms with van der Waals surface area (Å²) in [4.78, 5) is 12.0. The topological polar surface area (TPSA) is 92.6 Å². The minimum Gasteiger partial charge on any atom is -0.303 e. The maximum atomic E-state index is 12.1. The molecule has 0 aromatic heterocycles. The van der Waals surface area contributed by atoms with Gasteiger partial charge in [0.25, 0.3) is 5.69 Å². The molecule has 0 aliphatic heterocycles. The Morgan fingerprint density at radius 3 is 2.48 bits per heavy atom. The van der Waals surface area contributed by atoms with Gasteiger partial charge in [-0.05, 0) is 25.2 Å². The third kappa shape index (κ3) is 4.92. The lowest BCUT2D eigenvalue weighted by atomic mass is 10.3. The highest BCUT2D eigenvalue weighted by atomic mass is 35.5. The van der Waals surface area contributed by atoms with E-state index in [1.54, 1.807) is 0 Å². The number of benzene rings is 1. The van der Waals surface area contributed by atoms with E-state index in [2.05, 4.69) is 9.62 Å². The normalized spacial score (nSPS) is 11.8. The fraction of sp³-hybridized carbons (Fsp3) is 0.500. The molecule has 0 fully saturated rings. The van der Waals surface area contributed by atoms with Gasteiger partial charge in [-0.3, -0.25) is 10.1 Å². The highest BCUT2D eigenvalue weighted by Gasteiger charge is 2.20. The van der Waals surface area contributed by atoms with Gasteiger partial charge >= 0.3 is 0 Å². The third-order valence-corrected chi connectivity index (χ3v) is 4.82. The zero-order valence-corrected chi connectivity index (χ0v) is 13.4. The molecule has 7 nitrogen and oxygen atoms in total. The van der Waals surface area contributed by atoms with Crippen molar-refractivity contribution in [2.75, 3.05) is 26.2 Å². The van der Waals surface area contributed by atoms with Crippen LogP contribution >= 0.6 is 11.6 Å². The van der Waals surface area contributed by atoms with Gasteiger partial charge in [0.2, 0.25) is 10.0 Å². The molecule has 1 aromatic rings. The van der Waals surface area contributed by atoms with Gasteiger partial charge in [0, 0.05) is 19.2 Å². The Bertz CT molecular complexity index is 603. The number of hydrogen-bond acceptors (Lipinski definition) is 5. The SMILES string of the molecule is CCN(CC)CCNS(=O)(=O)c1ccc(Cl)c([N+](=O)[O-])c1. The fourth-order valence-corrected chi connectivity index (χ4v) is 2.99. The summed E-state index contributed by atoms with van der Waals surface area (Å²) < 4.78 is 26.6. The molecular weight excluding hydrogens is 318 g/mol. The summed E-state index contributed by atoms with van der Waals surface area (Å²) in [6, 6.07) is 3.41. The zero-order chi connectivity index (χ0) is 16.0. The van der Waals surface area contributed by atoms with E-state index in [0.29, 0.717) is 6.54 Å². The minimum atomic E-state index is -3.78. The largest absolute Gasteiger partial charge is 0.303 e. The van der Waals surface area contributed by atoms with Gasteiger partial charge in [0.05, 0.1) is 9.82 Å². The van der Waals surface area contributed by atoms with Crippen LogP contribution in [0.2, 0.25) is 5.02 Å². The maximum absolute atomic E-state index is 12.1. The summed E-state index contributed by atoms with van der Waals surface area (Å²) in [7, 11) is -3.78. The van der Waals surface area contributed by atoms with E-state index in [-0.39, 0.29) is 16.5 Å². The molecule has 0 aliphatic rings. The van der Waals surface area contributed by atoms with Crippen LogP contribution in [0.4, 0.5) is 5.69 Å². The predicted octanol–water partition coefficient (Wildman–Crippen LogP) is 1.87. The van der Waals surface area contributed by atoms with E-state index in [1.165, 1.54) is 12.1 Å². The number of nitro groups is 1. The molecule has 9 heteroatoms. The standard InChI is InChI=1S/C12H18ClN3O4S/c1-3-15(4-2)8-7-14-21(19,20)10-5-6-11(13)12(9-10)16(17)18/h5-6,9,14H,3-4,7-8H2,1-2H3. The molecule has 1 rings (SSSR count). The monoisotopic (exact) mass is 335 g/mol. The molecule has 0 bridgehead atoms. The summed E-state index contributed by atoms with van der Waals surface area (Å²) in [5.74, 6) is 0. The lowest BCUT2D eigenvalue weighted by molar-refractivity contribution is -0.384. The molecule has 118 valence electrons. The number of likely N-dealkylation sites (N-methyl/N-ethyl adjacent to an activating group) is 1. The van der Waals surface area contributed by atoms with E-state index >= 15 is 0 Å². The molecule has 0 saturated heterocycles. The molecule has 0 aliphatic carbocycles.